The van der Waals surface area contributed by atoms with Gasteiger partial charge in [-0.05, 0) is 37.5 Å². The maximum Gasteiger partial charge on any atom is 0.267 e. The molecule has 0 aromatic carbocycles. The first kappa shape index (κ1) is 14.4. The van der Waals surface area contributed by atoms with Crippen LogP contribution in [0.2, 0.25) is 0 Å². The molecular weight excluding hydrogens is 254 g/mol. The SMILES string of the molecule is C=CC(=O)N1CCCCC1c1ccc(C(=O)NC)n1C. The lowest BCUT2D eigenvalue weighted by Crippen LogP contribution is -2.38. The molecule has 0 aliphatic carbocycles. The van der Waals surface area contributed by atoms with E-state index < -0.39 is 0 Å². The van der Waals surface area contributed by atoms with Gasteiger partial charge in [0, 0.05) is 26.3 Å². The lowest BCUT2D eigenvalue weighted by Gasteiger charge is -2.35. The van der Waals surface area contributed by atoms with Crippen LogP contribution in [0.1, 0.15) is 41.5 Å². The standard InChI is InChI=1S/C15H21N3O2/c1-4-14(19)18-10-6-5-7-12(18)11-8-9-13(17(11)3)15(20)16-2/h4,8-9,12H,1,5-7,10H2,2-3H3,(H,16,20). The van der Waals surface area contributed by atoms with Crippen molar-refractivity contribution >= 4 is 11.8 Å². The van der Waals surface area contributed by atoms with Crippen LogP contribution in [-0.4, -0.2) is 34.9 Å². The van der Waals surface area contributed by atoms with Crippen molar-refractivity contribution in [2.75, 3.05) is 13.6 Å². The van der Waals surface area contributed by atoms with Crippen molar-refractivity contribution in [2.45, 2.75) is 25.3 Å². The van der Waals surface area contributed by atoms with Crippen LogP contribution in [-0.2, 0) is 11.8 Å². The second-order valence-corrected chi connectivity index (χ2v) is 5.03. The quantitative estimate of drug-likeness (QED) is 0.852. The summed E-state index contributed by atoms with van der Waals surface area (Å²) in [5, 5.41) is 2.63. The Morgan fingerprint density at radius 3 is 2.80 bits per heavy atom. The van der Waals surface area contributed by atoms with Crippen molar-refractivity contribution in [1.29, 1.82) is 0 Å². The van der Waals surface area contributed by atoms with Gasteiger partial charge < -0.3 is 14.8 Å². The van der Waals surface area contributed by atoms with E-state index in [9.17, 15) is 9.59 Å². The predicted molar refractivity (Wildman–Crippen MR) is 77.3 cm³/mol. The number of rotatable bonds is 3. The number of hydrogen-bond acceptors (Lipinski definition) is 2. The van der Waals surface area contributed by atoms with Gasteiger partial charge in [-0.2, -0.15) is 0 Å². The largest absolute Gasteiger partial charge is 0.354 e. The Hall–Kier alpha value is -2.04. The first-order chi connectivity index (χ1) is 9.60. The normalized spacial score (nSPS) is 18.7. The highest BCUT2D eigenvalue weighted by atomic mass is 16.2. The van der Waals surface area contributed by atoms with Gasteiger partial charge in [0.05, 0.1) is 6.04 Å². The fraction of sp³-hybridized carbons (Fsp3) is 0.467. The molecule has 2 rings (SSSR count). The number of carbonyl (C=O) groups is 2. The number of likely N-dealkylation sites (tertiary alicyclic amines) is 1. The Morgan fingerprint density at radius 2 is 2.15 bits per heavy atom. The first-order valence-electron chi connectivity index (χ1n) is 6.91. The number of carbonyl (C=O) groups excluding carboxylic acids is 2. The molecule has 1 aliphatic heterocycles. The highest BCUT2D eigenvalue weighted by Gasteiger charge is 2.29. The van der Waals surface area contributed by atoms with Crippen LogP contribution in [0.4, 0.5) is 0 Å². The van der Waals surface area contributed by atoms with E-state index in [1.165, 1.54) is 6.08 Å². The van der Waals surface area contributed by atoms with Crippen molar-refractivity contribution in [3.63, 3.8) is 0 Å². The average Bonchev–Trinajstić information content (AvgIpc) is 2.87. The fourth-order valence-electron chi connectivity index (χ4n) is 2.84. The third kappa shape index (κ3) is 2.48. The molecule has 5 nitrogen and oxygen atoms in total. The lowest BCUT2D eigenvalue weighted by molar-refractivity contribution is -0.129. The van der Waals surface area contributed by atoms with Gasteiger partial charge in [-0.1, -0.05) is 6.58 Å². The van der Waals surface area contributed by atoms with E-state index in [1.54, 1.807) is 13.1 Å². The average molecular weight is 275 g/mol. The van der Waals surface area contributed by atoms with E-state index in [-0.39, 0.29) is 17.9 Å². The Kier molecular flexibility index (Phi) is 4.27. The predicted octanol–water partition coefficient (Wildman–Crippen LogP) is 1.62. The third-order valence-electron chi connectivity index (χ3n) is 3.92. The molecule has 1 saturated heterocycles. The Labute approximate surface area is 119 Å². The molecule has 1 unspecified atom stereocenters. The third-order valence-corrected chi connectivity index (χ3v) is 3.92. The molecule has 0 saturated carbocycles. The zero-order chi connectivity index (χ0) is 14.7. The summed E-state index contributed by atoms with van der Waals surface area (Å²) < 4.78 is 1.87. The van der Waals surface area contributed by atoms with Crippen molar-refractivity contribution < 1.29 is 9.59 Å². The highest BCUT2D eigenvalue weighted by Crippen LogP contribution is 2.31. The number of piperidine rings is 1. The molecule has 2 heterocycles. The second-order valence-electron chi connectivity index (χ2n) is 5.03. The fourth-order valence-corrected chi connectivity index (χ4v) is 2.84. The van der Waals surface area contributed by atoms with Crippen LogP contribution in [0.15, 0.2) is 24.8 Å². The minimum Gasteiger partial charge on any atom is -0.354 e. The van der Waals surface area contributed by atoms with Gasteiger partial charge in [-0.25, -0.2) is 0 Å². The summed E-state index contributed by atoms with van der Waals surface area (Å²) in [5.74, 6) is -0.159. The highest BCUT2D eigenvalue weighted by molar-refractivity contribution is 5.92. The molecule has 2 amide bonds. The van der Waals surface area contributed by atoms with Gasteiger partial charge in [0.1, 0.15) is 5.69 Å². The van der Waals surface area contributed by atoms with Gasteiger partial charge in [-0.15, -0.1) is 0 Å². The van der Waals surface area contributed by atoms with Crippen LogP contribution in [0, 0.1) is 0 Å². The molecule has 0 spiro atoms. The maximum absolute atomic E-state index is 12.0. The minimum atomic E-state index is -0.115. The number of hydrogen-bond donors (Lipinski definition) is 1. The van der Waals surface area contributed by atoms with E-state index in [0.717, 1.165) is 31.5 Å². The summed E-state index contributed by atoms with van der Waals surface area (Å²) in [6, 6.07) is 3.76. The molecule has 0 bridgehead atoms. The van der Waals surface area contributed by atoms with Crippen molar-refractivity contribution in [2.24, 2.45) is 7.05 Å². The van der Waals surface area contributed by atoms with E-state index in [0.29, 0.717) is 5.69 Å². The number of aromatic nitrogens is 1. The van der Waals surface area contributed by atoms with Crippen molar-refractivity contribution in [3.05, 3.63) is 36.2 Å². The lowest BCUT2D eigenvalue weighted by atomic mass is 9.99. The molecule has 1 aromatic heterocycles. The summed E-state index contributed by atoms with van der Waals surface area (Å²) in [7, 11) is 3.48. The topological polar surface area (TPSA) is 54.3 Å². The smallest absolute Gasteiger partial charge is 0.267 e. The van der Waals surface area contributed by atoms with Crippen LogP contribution in [0.25, 0.3) is 0 Å². The van der Waals surface area contributed by atoms with Crippen molar-refractivity contribution in [1.82, 2.24) is 14.8 Å². The molecule has 1 atom stereocenters. The van der Waals surface area contributed by atoms with Gasteiger partial charge >= 0.3 is 0 Å². The summed E-state index contributed by atoms with van der Waals surface area (Å²) in [4.78, 5) is 25.6. The minimum absolute atomic E-state index is 0.0256. The maximum atomic E-state index is 12.0. The molecule has 5 heteroatoms. The second kappa shape index (κ2) is 5.94. The van der Waals surface area contributed by atoms with E-state index in [4.69, 9.17) is 0 Å². The monoisotopic (exact) mass is 275 g/mol. The van der Waals surface area contributed by atoms with Crippen molar-refractivity contribution in [3.8, 4) is 0 Å². The van der Waals surface area contributed by atoms with Gasteiger partial charge in [0.2, 0.25) is 5.91 Å². The van der Waals surface area contributed by atoms with E-state index in [1.807, 2.05) is 22.6 Å². The van der Waals surface area contributed by atoms with Crippen LogP contribution in [0.3, 0.4) is 0 Å². The number of amides is 2. The number of nitrogens with zero attached hydrogens (tertiary/aromatic N) is 2. The molecule has 1 aromatic rings. The van der Waals surface area contributed by atoms with Gasteiger partial charge in [-0.3, -0.25) is 9.59 Å². The zero-order valence-corrected chi connectivity index (χ0v) is 12.1. The first-order valence-corrected chi connectivity index (χ1v) is 6.91. The van der Waals surface area contributed by atoms with E-state index >= 15 is 0 Å². The summed E-state index contributed by atoms with van der Waals surface area (Å²) in [6.45, 7) is 4.32. The molecule has 1 aliphatic rings. The molecule has 20 heavy (non-hydrogen) atoms. The summed E-state index contributed by atoms with van der Waals surface area (Å²) >= 11 is 0. The molecule has 1 fully saturated rings. The molecule has 1 N–H and O–H groups in total. The van der Waals surface area contributed by atoms with Crippen LogP contribution < -0.4 is 5.32 Å². The summed E-state index contributed by atoms with van der Waals surface area (Å²) in [5.41, 5.74) is 1.61. The summed E-state index contributed by atoms with van der Waals surface area (Å²) in [6.07, 6.45) is 4.39. The molecule has 108 valence electrons. The van der Waals surface area contributed by atoms with Gasteiger partial charge in [0.15, 0.2) is 0 Å². The Bertz CT molecular complexity index is 533. The Balaban J connectivity index is 2.33. The van der Waals surface area contributed by atoms with Gasteiger partial charge in [0.25, 0.3) is 5.91 Å². The van der Waals surface area contributed by atoms with Crippen LogP contribution in [0.5, 0.6) is 0 Å². The Morgan fingerprint density at radius 1 is 1.40 bits per heavy atom. The van der Waals surface area contributed by atoms with Crippen LogP contribution >= 0.6 is 0 Å². The number of nitrogens with one attached hydrogen (secondary N) is 1. The van der Waals surface area contributed by atoms with E-state index in [2.05, 4.69) is 11.9 Å². The zero-order valence-electron chi connectivity index (χ0n) is 12.1. The molecule has 0 radical (unpaired) electrons. The molecular formula is C15H21N3O2.